The predicted octanol–water partition coefficient (Wildman–Crippen LogP) is 2.23. The Bertz CT molecular complexity index is 330. The molecule has 0 aliphatic carbocycles. The van der Waals surface area contributed by atoms with Crippen LogP contribution in [-0.4, -0.2) is 24.0 Å². The van der Waals surface area contributed by atoms with Crippen LogP contribution in [0.25, 0.3) is 0 Å². The summed E-state index contributed by atoms with van der Waals surface area (Å²) in [6.07, 6.45) is 0. The average molecular weight is 269 g/mol. The van der Waals surface area contributed by atoms with Crippen LogP contribution in [0.5, 0.6) is 0 Å². The molecule has 1 saturated heterocycles. The summed E-state index contributed by atoms with van der Waals surface area (Å²) >= 11 is 3.58. The Hall–Kier alpha value is -0.380. The average Bonchev–Trinajstić information content (AvgIpc) is 2.50. The molecule has 0 spiro atoms. The SMILES string of the molecule is CC1CN(Cc2ccccc2Br)CC1N. The topological polar surface area (TPSA) is 29.3 Å². The maximum atomic E-state index is 6.01. The van der Waals surface area contributed by atoms with E-state index in [-0.39, 0.29) is 0 Å². The standard InChI is InChI=1S/C12H17BrN2/c1-9-6-15(8-12(9)14)7-10-4-2-3-5-11(10)13/h2-5,9,12H,6-8,14H2,1H3. The highest BCUT2D eigenvalue weighted by Crippen LogP contribution is 2.21. The van der Waals surface area contributed by atoms with E-state index in [1.54, 1.807) is 0 Å². The predicted molar refractivity (Wildman–Crippen MR) is 66.6 cm³/mol. The van der Waals surface area contributed by atoms with Gasteiger partial charge in [0.25, 0.3) is 0 Å². The van der Waals surface area contributed by atoms with E-state index in [4.69, 9.17) is 5.73 Å². The molecule has 3 heteroatoms. The number of halogens is 1. The second-order valence-electron chi connectivity index (χ2n) is 4.43. The number of nitrogens with two attached hydrogens (primary N) is 1. The molecule has 0 amide bonds. The molecule has 2 rings (SSSR count). The van der Waals surface area contributed by atoms with Crippen molar-refractivity contribution in [1.82, 2.24) is 4.90 Å². The molecule has 0 radical (unpaired) electrons. The lowest BCUT2D eigenvalue weighted by Crippen LogP contribution is -2.28. The maximum absolute atomic E-state index is 6.01. The van der Waals surface area contributed by atoms with Crippen LogP contribution in [0.3, 0.4) is 0 Å². The molecule has 2 atom stereocenters. The van der Waals surface area contributed by atoms with E-state index in [1.165, 1.54) is 10.0 Å². The maximum Gasteiger partial charge on any atom is 0.0245 e. The zero-order valence-electron chi connectivity index (χ0n) is 8.99. The normalized spacial score (nSPS) is 27.1. The van der Waals surface area contributed by atoms with Crippen LogP contribution in [0.4, 0.5) is 0 Å². The van der Waals surface area contributed by atoms with Crippen LogP contribution >= 0.6 is 15.9 Å². The molecule has 0 aromatic heterocycles. The first-order valence-corrected chi connectivity index (χ1v) is 6.17. The molecule has 0 saturated carbocycles. The fourth-order valence-electron chi connectivity index (χ4n) is 2.09. The number of hydrogen-bond donors (Lipinski definition) is 1. The smallest absolute Gasteiger partial charge is 0.0245 e. The summed E-state index contributed by atoms with van der Waals surface area (Å²) < 4.78 is 1.19. The summed E-state index contributed by atoms with van der Waals surface area (Å²) in [6, 6.07) is 8.73. The third-order valence-electron chi connectivity index (χ3n) is 3.10. The van der Waals surface area contributed by atoms with Crippen LogP contribution in [0.1, 0.15) is 12.5 Å². The number of hydrogen-bond acceptors (Lipinski definition) is 2. The summed E-state index contributed by atoms with van der Waals surface area (Å²) in [5.41, 5.74) is 7.35. The third kappa shape index (κ3) is 2.60. The summed E-state index contributed by atoms with van der Waals surface area (Å²) in [5.74, 6) is 0.618. The summed E-state index contributed by atoms with van der Waals surface area (Å²) in [4.78, 5) is 2.43. The van der Waals surface area contributed by atoms with Crippen LogP contribution in [-0.2, 0) is 6.54 Å². The number of likely N-dealkylation sites (tertiary alicyclic amines) is 1. The third-order valence-corrected chi connectivity index (χ3v) is 3.87. The Morgan fingerprint density at radius 3 is 2.73 bits per heavy atom. The van der Waals surface area contributed by atoms with Crippen LogP contribution < -0.4 is 5.73 Å². The fourth-order valence-corrected chi connectivity index (χ4v) is 2.50. The second kappa shape index (κ2) is 4.64. The van der Waals surface area contributed by atoms with Crippen molar-refractivity contribution < 1.29 is 0 Å². The van der Waals surface area contributed by atoms with Gasteiger partial charge < -0.3 is 5.73 Å². The Morgan fingerprint density at radius 1 is 1.40 bits per heavy atom. The van der Waals surface area contributed by atoms with Crippen LogP contribution in [0, 0.1) is 5.92 Å². The van der Waals surface area contributed by atoms with Gasteiger partial charge in [-0.3, -0.25) is 4.90 Å². The Kier molecular flexibility index (Phi) is 3.44. The van der Waals surface area contributed by atoms with E-state index in [0.29, 0.717) is 12.0 Å². The van der Waals surface area contributed by atoms with Crippen molar-refractivity contribution >= 4 is 15.9 Å². The molecule has 1 fully saturated rings. The molecule has 2 nitrogen and oxygen atoms in total. The van der Waals surface area contributed by atoms with Crippen molar-refractivity contribution in [2.24, 2.45) is 11.7 Å². The molecule has 1 heterocycles. The molecule has 1 aliphatic rings. The number of nitrogens with zero attached hydrogens (tertiary/aromatic N) is 1. The molecule has 1 aromatic carbocycles. The summed E-state index contributed by atoms with van der Waals surface area (Å²) in [6.45, 7) is 5.36. The van der Waals surface area contributed by atoms with Crippen LogP contribution in [0.15, 0.2) is 28.7 Å². The van der Waals surface area contributed by atoms with Gasteiger partial charge in [-0.2, -0.15) is 0 Å². The highest BCUT2D eigenvalue weighted by molar-refractivity contribution is 9.10. The van der Waals surface area contributed by atoms with E-state index in [9.17, 15) is 0 Å². The lowest BCUT2D eigenvalue weighted by molar-refractivity contribution is 0.318. The molecule has 2 N–H and O–H groups in total. The highest BCUT2D eigenvalue weighted by Gasteiger charge is 2.26. The van der Waals surface area contributed by atoms with Gasteiger partial charge in [0.2, 0.25) is 0 Å². The lowest BCUT2D eigenvalue weighted by Gasteiger charge is -2.16. The first kappa shape index (κ1) is 11.1. The van der Waals surface area contributed by atoms with E-state index < -0.39 is 0 Å². The van der Waals surface area contributed by atoms with Crippen LogP contribution in [0.2, 0.25) is 0 Å². The highest BCUT2D eigenvalue weighted by atomic mass is 79.9. The zero-order valence-corrected chi connectivity index (χ0v) is 10.6. The van der Waals surface area contributed by atoms with Gasteiger partial charge in [-0.05, 0) is 17.5 Å². The van der Waals surface area contributed by atoms with Gasteiger partial charge in [0.05, 0.1) is 0 Å². The van der Waals surface area contributed by atoms with Gasteiger partial charge in [0.1, 0.15) is 0 Å². The van der Waals surface area contributed by atoms with Crippen molar-refractivity contribution in [2.45, 2.75) is 19.5 Å². The van der Waals surface area contributed by atoms with Crippen molar-refractivity contribution in [3.05, 3.63) is 34.3 Å². The van der Waals surface area contributed by atoms with Crippen molar-refractivity contribution in [3.63, 3.8) is 0 Å². The van der Waals surface area contributed by atoms with Crippen molar-refractivity contribution in [1.29, 1.82) is 0 Å². The van der Waals surface area contributed by atoms with Gasteiger partial charge in [-0.15, -0.1) is 0 Å². The lowest BCUT2D eigenvalue weighted by atomic mass is 10.1. The van der Waals surface area contributed by atoms with E-state index in [0.717, 1.165) is 19.6 Å². The Balaban J connectivity index is 2.01. The first-order valence-electron chi connectivity index (χ1n) is 5.38. The molecule has 15 heavy (non-hydrogen) atoms. The molecule has 0 bridgehead atoms. The van der Waals surface area contributed by atoms with Crippen molar-refractivity contribution in [2.75, 3.05) is 13.1 Å². The molecular formula is C12H17BrN2. The Labute approximate surface area is 99.6 Å². The molecule has 1 aliphatic heterocycles. The monoisotopic (exact) mass is 268 g/mol. The molecule has 1 aromatic rings. The zero-order chi connectivity index (χ0) is 10.8. The first-order chi connectivity index (χ1) is 7.16. The minimum Gasteiger partial charge on any atom is -0.326 e. The van der Waals surface area contributed by atoms with Crippen molar-refractivity contribution in [3.8, 4) is 0 Å². The number of rotatable bonds is 2. The minimum absolute atomic E-state index is 0.340. The van der Waals surface area contributed by atoms with Gasteiger partial charge >= 0.3 is 0 Å². The number of benzene rings is 1. The van der Waals surface area contributed by atoms with E-state index in [2.05, 4.69) is 46.0 Å². The van der Waals surface area contributed by atoms with Gasteiger partial charge in [-0.1, -0.05) is 41.1 Å². The minimum atomic E-state index is 0.340. The second-order valence-corrected chi connectivity index (χ2v) is 5.28. The van der Waals surface area contributed by atoms with E-state index in [1.807, 2.05) is 6.07 Å². The quantitative estimate of drug-likeness (QED) is 0.892. The van der Waals surface area contributed by atoms with E-state index >= 15 is 0 Å². The Morgan fingerprint density at radius 2 is 2.13 bits per heavy atom. The van der Waals surface area contributed by atoms with Gasteiger partial charge in [0.15, 0.2) is 0 Å². The van der Waals surface area contributed by atoms with Gasteiger partial charge in [-0.25, -0.2) is 0 Å². The largest absolute Gasteiger partial charge is 0.326 e. The van der Waals surface area contributed by atoms with Gasteiger partial charge in [0, 0.05) is 30.1 Å². The molecular weight excluding hydrogens is 252 g/mol. The fraction of sp³-hybridized carbons (Fsp3) is 0.500. The summed E-state index contributed by atoms with van der Waals surface area (Å²) in [5, 5.41) is 0. The summed E-state index contributed by atoms with van der Waals surface area (Å²) in [7, 11) is 0. The molecule has 82 valence electrons. The molecule has 2 unspecified atom stereocenters.